The maximum absolute atomic E-state index is 5.46. The van der Waals surface area contributed by atoms with E-state index in [1.54, 1.807) is 0 Å². The molecule has 21 heavy (non-hydrogen) atoms. The quantitative estimate of drug-likeness (QED) is 0.757. The molecule has 0 unspecified atom stereocenters. The fourth-order valence-electron chi connectivity index (χ4n) is 3.72. The van der Waals surface area contributed by atoms with Crippen LogP contribution in [-0.4, -0.2) is 64.4 Å². The van der Waals surface area contributed by atoms with Crippen molar-refractivity contribution in [3.05, 3.63) is 10.7 Å². The number of aryl methyl sites for hydroxylation is 1. The van der Waals surface area contributed by atoms with E-state index in [1.807, 2.05) is 23.7 Å². The summed E-state index contributed by atoms with van der Waals surface area (Å²) in [5.41, 5.74) is 0.571. The monoisotopic (exact) mass is 372 g/mol. The first kappa shape index (κ1) is 14.5. The Hall–Kier alpha value is -0.0800. The van der Waals surface area contributed by atoms with Crippen LogP contribution in [0.2, 0.25) is 0 Å². The molecule has 1 aromatic rings. The summed E-state index contributed by atoms with van der Waals surface area (Å²) in [5.74, 6) is 0. The van der Waals surface area contributed by atoms with E-state index in [1.165, 1.54) is 44.0 Å². The van der Waals surface area contributed by atoms with E-state index < -0.39 is 0 Å². The second-order valence-electron chi connectivity index (χ2n) is 6.57. The van der Waals surface area contributed by atoms with Crippen LogP contribution in [-0.2, 0) is 11.8 Å². The van der Waals surface area contributed by atoms with Gasteiger partial charge in [0.2, 0.25) is 0 Å². The van der Waals surface area contributed by atoms with Gasteiger partial charge in [-0.1, -0.05) is 0 Å². The zero-order valence-corrected chi connectivity index (χ0v) is 14.7. The summed E-state index contributed by atoms with van der Waals surface area (Å²) in [6.07, 6.45) is 2.44. The minimum atomic E-state index is 0.571. The van der Waals surface area contributed by atoms with E-state index >= 15 is 0 Å². The average Bonchev–Trinajstić information content (AvgIpc) is 2.70. The van der Waals surface area contributed by atoms with Gasteiger partial charge in [0.25, 0.3) is 0 Å². The molecule has 1 spiro atoms. The van der Waals surface area contributed by atoms with Crippen molar-refractivity contribution in [2.75, 3.05) is 39.4 Å². The third kappa shape index (κ3) is 2.79. The highest BCUT2D eigenvalue weighted by Gasteiger charge is 2.53. The van der Waals surface area contributed by atoms with Gasteiger partial charge in [0.1, 0.15) is 9.63 Å². The van der Waals surface area contributed by atoms with Gasteiger partial charge in [0.05, 0.1) is 0 Å². The molecule has 3 fully saturated rings. The topological polar surface area (TPSA) is 33.5 Å². The first-order valence-corrected chi connectivity index (χ1v) is 9.15. The van der Waals surface area contributed by atoms with Crippen LogP contribution in [0.3, 0.4) is 0 Å². The van der Waals surface area contributed by atoms with Crippen molar-refractivity contribution in [1.29, 1.82) is 0 Å². The third-order valence-electron chi connectivity index (χ3n) is 4.84. The van der Waals surface area contributed by atoms with Gasteiger partial charge >= 0.3 is 0 Å². The van der Waals surface area contributed by atoms with Crippen LogP contribution in [0.15, 0.2) is 15.7 Å². The summed E-state index contributed by atoms with van der Waals surface area (Å²) < 4.78 is 10.8. The molecule has 3 saturated heterocycles. The summed E-state index contributed by atoms with van der Waals surface area (Å²) >= 11 is 5.26. The lowest BCUT2D eigenvalue weighted by molar-refractivity contribution is -0.113. The van der Waals surface area contributed by atoms with E-state index in [0.29, 0.717) is 5.41 Å². The van der Waals surface area contributed by atoms with Crippen molar-refractivity contribution in [3.8, 4) is 0 Å². The van der Waals surface area contributed by atoms with Crippen molar-refractivity contribution in [2.45, 2.75) is 23.9 Å². The molecule has 0 aliphatic carbocycles. The minimum absolute atomic E-state index is 0.571. The smallest absolute Gasteiger partial charge is 0.129 e. The fourth-order valence-corrected chi connectivity index (χ4v) is 5.60. The molecule has 7 heteroatoms. The predicted molar refractivity (Wildman–Crippen MR) is 86.2 cm³/mol. The van der Waals surface area contributed by atoms with Crippen LogP contribution in [0.4, 0.5) is 0 Å². The summed E-state index contributed by atoms with van der Waals surface area (Å²) in [7, 11) is 2.00. The number of ether oxygens (including phenoxy) is 1. The van der Waals surface area contributed by atoms with Gasteiger partial charge in [-0.3, -0.25) is 9.58 Å². The molecule has 3 aliphatic rings. The third-order valence-corrected chi connectivity index (χ3v) is 6.31. The lowest BCUT2D eigenvalue weighted by atomic mass is 9.73. The molecule has 3 aliphatic heterocycles. The van der Waals surface area contributed by atoms with Crippen molar-refractivity contribution < 1.29 is 4.74 Å². The van der Waals surface area contributed by atoms with E-state index in [-0.39, 0.29) is 0 Å². The van der Waals surface area contributed by atoms with E-state index in [2.05, 4.69) is 36.3 Å². The molecule has 0 amide bonds. The molecule has 0 radical (unpaired) electrons. The zero-order valence-electron chi connectivity index (χ0n) is 12.3. The Morgan fingerprint density at radius 2 is 2.00 bits per heavy atom. The molecule has 0 saturated carbocycles. The van der Waals surface area contributed by atoms with Gasteiger partial charge in [-0.05, 0) is 40.7 Å². The normalized spacial score (nSPS) is 26.8. The van der Waals surface area contributed by atoms with Crippen LogP contribution in [0, 0.1) is 5.41 Å². The Balaban J connectivity index is 1.26. The minimum Gasteiger partial charge on any atom is -0.381 e. The molecule has 1 aromatic heterocycles. The van der Waals surface area contributed by atoms with Crippen LogP contribution in [0.1, 0.15) is 12.8 Å². The SMILES string of the molecule is Cn1nc(Br)cc1SN1CC2(C1)CN(C1CCOCC1)C2. The highest BCUT2D eigenvalue weighted by Crippen LogP contribution is 2.45. The average molecular weight is 373 g/mol. The number of hydrogen-bond donors (Lipinski definition) is 0. The zero-order chi connectivity index (χ0) is 14.4. The van der Waals surface area contributed by atoms with Crippen molar-refractivity contribution in [3.63, 3.8) is 0 Å². The van der Waals surface area contributed by atoms with Crippen LogP contribution in [0.25, 0.3) is 0 Å². The predicted octanol–water partition coefficient (Wildman–Crippen LogP) is 1.99. The largest absolute Gasteiger partial charge is 0.381 e. The van der Waals surface area contributed by atoms with Crippen LogP contribution < -0.4 is 0 Å². The molecule has 0 N–H and O–H groups in total. The van der Waals surface area contributed by atoms with Crippen LogP contribution in [0.5, 0.6) is 0 Å². The van der Waals surface area contributed by atoms with Gasteiger partial charge in [-0.25, -0.2) is 4.31 Å². The molecule has 0 aromatic carbocycles. The molecule has 0 atom stereocenters. The molecule has 4 heterocycles. The Labute approximate surface area is 138 Å². The summed E-state index contributed by atoms with van der Waals surface area (Å²) in [6.45, 7) is 6.88. The maximum Gasteiger partial charge on any atom is 0.129 e. The lowest BCUT2D eigenvalue weighted by Gasteiger charge is -2.61. The Kier molecular flexibility index (Phi) is 3.82. The van der Waals surface area contributed by atoms with Gasteiger partial charge in [0.15, 0.2) is 0 Å². The summed E-state index contributed by atoms with van der Waals surface area (Å²) in [4.78, 5) is 2.67. The second kappa shape index (κ2) is 5.53. The molecule has 5 nitrogen and oxygen atoms in total. The summed E-state index contributed by atoms with van der Waals surface area (Å²) in [6, 6.07) is 2.87. The molecule has 116 valence electrons. The number of nitrogens with zero attached hydrogens (tertiary/aromatic N) is 4. The number of hydrogen-bond acceptors (Lipinski definition) is 5. The van der Waals surface area contributed by atoms with Crippen molar-refractivity contribution in [1.82, 2.24) is 19.0 Å². The number of halogens is 1. The number of likely N-dealkylation sites (tertiary alicyclic amines) is 1. The van der Waals surface area contributed by atoms with Gasteiger partial charge < -0.3 is 4.74 Å². The second-order valence-corrected chi connectivity index (χ2v) is 8.50. The Bertz CT molecular complexity index is 517. The molecule has 0 bridgehead atoms. The fraction of sp³-hybridized carbons (Fsp3) is 0.786. The first-order chi connectivity index (χ1) is 10.1. The van der Waals surface area contributed by atoms with Crippen LogP contribution >= 0.6 is 27.9 Å². The van der Waals surface area contributed by atoms with E-state index in [9.17, 15) is 0 Å². The Morgan fingerprint density at radius 3 is 2.62 bits per heavy atom. The highest BCUT2D eigenvalue weighted by molar-refractivity contribution is 9.10. The van der Waals surface area contributed by atoms with Crippen molar-refractivity contribution >= 4 is 27.9 Å². The van der Waals surface area contributed by atoms with E-state index in [0.717, 1.165) is 23.9 Å². The molecular formula is C14H21BrN4OS. The number of aromatic nitrogens is 2. The van der Waals surface area contributed by atoms with E-state index in [4.69, 9.17) is 4.74 Å². The number of rotatable bonds is 3. The summed E-state index contributed by atoms with van der Waals surface area (Å²) in [5, 5.41) is 5.54. The highest BCUT2D eigenvalue weighted by atomic mass is 79.9. The molecular weight excluding hydrogens is 352 g/mol. The maximum atomic E-state index is 5.46. The van der Waals surface area contributed by atoms with Crippen molar-refractivity contribution in [2.24, 2.45) is 12.5 Å². The van der Waals surface area contributed by atoms with Gasteiger partial charge in [-0.15, -0.1) is 0 Å². The first-order valence-electron chi connectivity index (χ1n) is 7.58. The van der Waals surface area contributed by atoms with Gasteiger partial charge in [0, 0.05) is 64.0 Å². The van der Waals surface area contributed by atoms with Gasteiger partial charge in [-0.2, -0.15) is 5.10 Å². The molecule has 4 rings (SSSR count). The lowest BCUT2D eigenvalue weighted by Crippen LogP contribution is -2.72. The standard InChI is InChI=1S/C14H21BrN4OS/c1-17-13(6-12(15)16-17)21-19-9-14(10-19)7-18(8-14)11-2-4-20-5-3-11/h6,11H,2-5,7-10H2,1H3. The Morgan fingerprint density at radius 1 is 1.29 bits per heavy atom.